The first kappa shape index (κ1) is 21.2. The molecule has 0 spiro atoms. The fourth-order valence-corrected chi connectivity index (χ4v) is 4.49. The van der Waals surface area contributed by atoms with E-state index >= 15 is 0 Å². The van der Waals surface area contributed by atoms with E-state index in [0.29, 0.717) is 25.7 Å². The predicted octanol–water partition coefficient (Wildman–Crippen LogP) is 2.57. The van der Waals surface area contributed by atoms with Crippen LogP contribution in [0.15, 0.2) is 18.2 Å². The normalized spacial score (nSPS) is 22.3. The second-order valence-corrected chi connectivity index (χ2v) is 8.17. The van der Waals surface area contributed by atoms with Crippen molar-refractivity contribution in [1.29, 1.82) is 0 Å². The molecule has 0 radical (unpaired) electrons. The number of likely N-dealkylation sites (tertiary alicyclic amines) is 2. The molecule has 0 aromatic heterocycles. The van der Waals surface area contributed by atoms with Crippen molar-refractivity contribution in [2.75, 3.05) is 46.4 Å². The highest BCUT2D eigenvalue weighted by atomic mass is 19.1. The average Bonchev–Trinajstić information content (AvgIpc) is 2.72. The number of ether oxygens (including phenoxy) is 1. The van der Waals surface area contributed by atoms with Crippen molar-refractivity contribution in [3.8, 4) is 0 Å². The lowest BCUT2D eigenvalue weighted by molar-refractivity contribution is -0.127. The summed E-state index contributed by atoms with van der Waals surface area (Å²) in [6, 6.07) is 6.19. The third kappa shape index (κ3) is 5.52. The lowest BCUT2D eigenvalue weighted by atomic mass is 9.93. The molecule has 1 atom stereocenters. The lowest BCUT2D eigenvalue weighted by Crippen LogP contribution is -2.50. The van der Waals surface area contributed by atoms with Gasteiger partial charge >= 0.3 is 0 Å². The topological polar surface area (TPSA) is 44.8 Å². The van der Waals surface area contributed by atoms with Gasteiger partial charge in [0.2, 0.25) is 5.91 Å². The largest absolute Gasteiger partial charge is 0.383 e. The van der Waals surface area contributed by atoms with Crippen LogP contribution in [-0.2, 0) is 16.1 Å². The molecule has 1 amide bonds. The number of nitrogens with zero attached hydrogens (tertiary/aromatic N) is 2. The standard InChI is InChI=1S/C22H34FN3O2/c1-17-5-3-6-18(21(17)23)15-25-12-8-20(9-13-25)26-11-4-7-19(16-26)22(27)24-10-14-28-2/h3,5-6,19-20H,4,7-16H2,1-2H3,(H,24,27)/t19-/m0/s1. The first-order chi connectivity index (χ1) is 13.6. The molecule has 2 heterocycles. The summed E-state index contributed by atoms with van der Waals surface area (Å²) in [5, 5.41) is 2.99. The van der Waals surface area contributed by atoms with Gasteiger partial charge in [-0.15, -0.1) is 0 Å². The van der Waals surface area contributed by atoms with Gasteiger partial charge in [-0.1, -0.05) is 18.2 Å². The SMILES string of the molecule is COCCNC(=O)[C@H]1CCCN(C2CCN(Cc3cccc(C)c3F)CC2)C1. The van der Waals surface area contributed by atoms with E-state index in [1.165, 1.54) is 0 Å². The van der Waals surface area contributed by atoms with Crippen molar-refractivity contribution in [2.45, 2.75) is 45.2 Å². The van der Waals surface area contributed by atoms with Gasteiger partial charge in [-0.3, -0.25) is 14.6 Å². The van der Waals surface area contributed by atoms with Crippen LogP contribution in [0.5, 0.6) is 0 Å². The fourth-order valence-electron chi connectivity index (χ4n) is 4.49. The van der Waals surface area contributed by atoms with E-state index in [2.05, 4.69) is 15.1 Å². The Hall–Kier alpha value is -1.50. The third-order valence-corrected chi connectivity index (χ3v) is 6.17. The van der Waals surface area contributed by atoms with Crippen molar-refractivity contribution in [2.24, 2.45) is 5.92 Å². The van der Waals surface area contributed by atoms with Gasteiger partial charge in [-0.2, -0.15) is 0 Å². The van der Waals surface area contributed by atoms with Gasteiger partial charge in [-0.25, -0.2) is 4.39 Å². The van der Waals surface area contributed by atoms with Crippen LogP contribution >= 0.6 is 0 Å². The highest BCUT2D eigenvalue weighted by Gasteiger charge is 2.31. The number of carbonyl (C=O) groups excluding carboxylic acids is 1. The molecule has 2 saturated heterocycles. The zero-order valence-electron chi connectivity index (χ0n) is 17.3. The Balaban J connectivity index is 1.46. The Kier molecular flexibility index (Phi) is 7.82. The van der Waals surface area contributed by atoms with Gasteiger partial charge in [0.25, 0.3) is 0 Å². The van der Waals surface area contributed by atoms with Crippen LogP contribution in [0, 0.1) is 18.7 Å². The molecule has 156 valence electrons. The molecule has 0 bridgehead atoms. The molecule has 3 rings (SSSR count). The highest BCUT2D eigenvalue weighted by molar-refractivity contribution is 5.78. The first-order valence-corrected chi connectivity index (χ1v) is 10.6. The van der Waals surface area contributed by atoms with E-state index in [4.69, 9.17) is 4.74 Å². The molecule has 1 aromatic rings. The van der Waals surface area contributed by atoms with E-state index in [9.17, 15) is 9.18 Å². The number of methoxy groups -OCH3 is 1. The van der Waals surface area contributed by atoms with E-state index < -0.39 is 0 Å². The number of rotatable bonds is 7. The molecule has 2 fully saturated rings. The molecule has 2 aliphatic rings. The summed E-state index contributed by atoms with van der Waals surface area (Å²) in [4.78, 5) is 17.2. The van der Waals surface area contributed by atoms with E-state index in [1.54, 1.807) is 7.11 Å². The maximum Gasteiger partial charge on any atom is 0.224 e. The summed E-state index contributed by atoms with van der Waals surface area (Å²) in [5.74, 6) is 0.183. The summed E-state index contributed by atoms with van der Waals surface area (Å²) in [6.07, 6.45) is 4.23. The summed E-state index contributed by atoms with van der Waals surface area (Å²) in [5.41, 5.74) is 1.51. The molecule has 1 aromatic carbocycles. The van der Waals surface area contributed by atoms with Crippen LogP contribution in [0.1, 0.15) is 36.8 Å². The summed E-state index contributed by atoms with van der Waals surface area (Å²) in [7, 11) is 1.65. The smallest absolute Gasteiger partial charge is 0.224 e. The number of benzene rings is 1. The van der Waals surface area contributed by atoms with Crippen molar-refractivity contribution in [1.82, 2.24) is 15.1 Å². The minimum atomic E-state index is -0.0667. The monoisotopic (exact) mass is 391 g/mol. The molecule has 0 unspecified atom stereocenters. The second kappa shape index (κ2) is 10.3. The number of amides is 1. The zero-order chi connectivity index (χ0) is 19.9. The molecule has 5 nitrogen and oxygen atoms in total. The van der Waals surface area contributed by atoms with E-state index in [1.807, 2.05) is 25.1 Å². The number of piperidine rings is 2. The molecular weight excluding hydrogens is 357 g/mol. The fraction of sp³-hybridized carbons (Fsp3) is 0.682. The Morgan fingerprint density at radius 3 is 2.79 bits per heavy atom. The van der Waals surface area contributed by atoms with Crippen molar-refractivity contribution >= 4 is 5.91 Å². The number of carbonyl (C=O) groups is 1. The number of halogens is 1. The highest BCUT2D eigenvalue weighted by Crippen LogP contribution is 2.25. The van der Waals surface area contributed by atoms with E-state index in [0.717, 1.165) is 63.0 Å². The van der Waals surface area contributed by atoms with Crippen LogP contribution in [0.25, 0.3) is 0 Å². The Morgan fingerprint density at radius 2 is 2.04 bits per heavy atom. The quantitative estimate of drug-likeness (QED) is 0.726. The summed E-state index contributed by atoms with van der Waals surface area (Å²) >= 11 is 0. The van der Waals surface area contributed by atoms with Crippen LogP contribution in [0.2, 0.25) is 0 Å². The Labute approximate surface area is 168 Å². The van der Waals surface area contributed by atoms with Crippen molar-refractivity contribution in [3.05, 3.63) is 35.1 Å². The number of aryl methyl sites for hydroxylation is 1. The van der Waals surface area contributed by atoms with Gasteiger partial charge in [0.15, 0.2) is 0 Å². The van der Waals surface area contributed by atoms with E-state index in [-0.39, 0.29) is 17.6 Å². The molecule has 1 N–H and O–H groups in total. The molecule has 6 heteroatoms. The number of hydrogen-bond acceptors (Lipinski definition) is 4. The van der Waals surface area contributed by atoms with Crippen LogP contribution in [0.3, 0.4) is 0 Å². The maximum atomic E-state index is 14.3. The first-order valence-electron chi connectivity index (χ1n) is 10.6. The number of nitrogens with one attached hydrogen (secondary N) is 1. The molecule has 0 saturated carbocycles. The van der Waals surface area contributed by atoms with Crippen molar-refractivity contribution < 1.29 is 13.9 Å². The summed E-state index contributed by atoms with van der Waals surface area (Å²) in [6.45, 7) is 7.56. The van der Waals surface area contributed by atoms with Gasteiger partial charge in [-0.05, 0) is 57.8 Å². The van der Waals surface area contributed by atoms with Crippen LogP contribution < -0.4 is 5.32 Å². The zero-order valence-corrected chi connectivity index (χ0v) is 17.3. The average molecular weight is 392 g/mol. The molecule has 2 aliphatic heterocycles. The molecule has 0 aliphatic carbocycles. The molecule has 28 heavy (non-hydrogen) atoms. The van der Waals surface area contributed by atoms with Gasteiger partial charge in [0.05, 0.1) is 12.5 Å². The Morgan fingerprint density at radius 1 is 1.25 bits per heavy atom. The van der Waals surface area contributed by atoms with Crippen LogP contribution in [-0.4, -0.2) is 68.2 Å². The summed E-state index contributed by atoms with van der Waals surface area (Å²) < 4.78 is 19.3. The third-order valence-electron chi connectivity index (χ3n) is 6.17. The van der Waals surface area contributed by atoms with Gasteiger partial charge in [0, 0.05) is 38.3 Å². The maximum absolute atomic E-state index is 14.3. The van der Waals surface area contributed by atoms with Gasteiger partial charge in [0.1, 0.15) is 5.82 Å². The minimum absolute atomic E-state index is 0.0667. The predicted molar refractivity (Wildman–Crippen MR) is 109 cm³/mol. The van der Waals surface area contributed by atoms with Crippen LogP contribution in [0.4, 0.5) is 4.39 Å². The number of hydrogen-bond donors (Lipinski definition) is 1. The molecular formula is C22H34FN3O2. The minimum Gasteiger partial charge on any atom is -0.383 e. The Bertz CT molecular complexity index is 647. The van der Waals surface area contributed by atoms with Gasteiger partial charge < -0.3 is 10.1 Å². The second-order valence-electron chi connectivity index (χ2n) is 8.17. The van der Waals surface area contributed by atoms with Crippen molar-refractivity contribution in [3.63, 3.8) is 0 Å². The lowest BCUT2D eigenvalue weighted by Gasteiger charge is -2.42.